The number of benzene rings is 2. The van der Waals surface area contributed by atoms with E-state index in [9.17, 15) is 13.2 Å². The van der Waals surface area contributed by atoms with Crippen LogP contribution in [0.15, 0.2) is 71.6 Å². The third-order valence-corrected chi connectivity index (χ3v) is 11.7. The summed E-state index contributed by atoms with van der Waals surface area (Å²) in [6.45, 7) is 11.7. The molecule has 10 nitrogen and oxygen atoms in total. The molecule has 4 bridgehead atoms. The molecular weight excluding hydrogens is 649 g/mol. The van der Waals surface area contributed by atoms with Crippen LogP contribution in [0.1, 0.15) is 86.5 Å². The largest absolute Gasteiger partial charge is 0.475 e. The number of nitrogens with zero attached hydrogens (tertiary/aromatic N) is 5. The third kappa shape index (κ3) is 6.80. The van der Waals surface area contributed by atoms with E-state index in [0.29, 0.717) is 12.1 Å². The molecule has 0 radical (unpaired) electrons. The quantitative estimate of drug-likeness (QED) is 0.231. The number of pyridine rings is 1. The number of carbonyl (C=O) groups is 1. The van der Waals surface area contributed by atoms with Crippen LogP contribution in [0, 0.1) is 19.3 Å². The smallest absolute Gasteiger partial charge is 0.264 e. The second-order valence-corrected chi connectivity index (χ2v) is 17.0. The van der Waals surface area contributed by atoms with E-state index >= 15 is 0 Å². The van der Waals surface area contributed by atoms with Gasteiger partial charge in [-0.2, -0.15) is 4.98 Å². The summed E-state index contributed by atoms with van der Waals surface area (Å²) in [5, 5.41) is 0. The average Bonchev–Trinajstić information content (AvgIpc) is 3.57. The van der Waals surface area contributed by atoms with Crippen molar-refractivity contribution in [2.45, 2.75) is 96.2 Å². The first-order valence-electron chi connectivity index (χ1n) is 17.6. The van der Waals surface area contributed by atoms with E-state index in [4.69, 9.17) is 9.72 Å². The SMILES string of the molecule is Cc1cccc(C)c1-c1cc2nc(n1)NS(=O)(=O)c1cccc(c1)C(=O)N(Cc1cccc(N3CCC34CCCC4)n1)[C@H](CC(C)(C)C)CO2. The molecule has 4 heterocycles. The van der Waals surface area contributed by atoms with Crippen molar-refractivity contribution in [2.75, 3.05) is 22.8 Å². The lowest BCUT2D eigenvalue weighted by atomic mass is 9.83. The first-order valence-corrected chi connectivity index (χ1v) is 19.0. The van der Waals surface area contributed by atoms with Crippen molar-refractivity contribution >= 4 is 27.7 Å². The zero-order chi connectivity index (χ0) is 35.3. The van der Waals surface area contributed by atoms with Crippen LogP contribution in [0.2, 0.25) is 0 Å². The van der Waals surface area contributed by atoms with Crippen LogP contribution in [0.3, 0.4) is 0 Å². The second-order valence-electron chi connectivity index (χ2n) is 15.3. The summed E-state index contributed by atoms with van der Waals surface area (Å²) in [4.78, 5) is 33.1. The Morgan fingerprint density at radius 1 is 0.920 bits per heavy atom. The molecule has 1 N–H and O–H groups in total. The van der Waals surface area contributed by atoms with E-state index < -0.39 is 16.1 Å². The van der Waals surface area contributed by atoms with Gasteiger partial charge in [0.2, 0.25) is 11.8 Å². The van der Waals surface area contributed by atoms with Crippen LogP contribution in [0.5, 0.6) is 5.88 Å². The molecule has 262 valence electrons. The minimum Gasteiger partial charge on any atom is -0.475 e. The molecule has 0 unspecified atom stereocenters. The number of fused-ring (bicyclic) bond motifs is 4. The lowest BCUT2D eigenvalue weighted by molar-refractivity contribution is 0.0509. The highest BCUT2D eigenvalue weighted by Gasteiger charge is 2.47. The Bertz CT molecular complexity index is 2020. The molecule has 2 aliphatic heterocycles. The summed E-state index contributed by atoms with van der Waals surface area (Å²) in [6.07, 6.45) is 6.69. The van der Waals surface area contributed by atoms with Crippen LogP contribution in [-0.2, 0) is 16.6 Å². The number of aryl methyl sites for hydroxylation is 2. The van der Waals surface area contributed by atoms with Crippen molar-refractivity contribution in [1.29, 1.82) is 0 Å². The Labute approximate surface area is 295 Å². The van der Waals surface area contributed by atoms with Gasteiger partial charge in [0.25, 0.3) is 15.9 Å². The minimum absolute atomic E-state index is 0.0572. The van der Waals surface area contributed by atoms with Crippen molar-refractivity contribution < 1.29 is 17.9 Å². The topological polar surface area (TPSA) is 118 Å². The Balaban J connectivity index is 1.32. The number of anilines is 2. The van der Waals surface area contributed by atoms with Gasteiger partial charge in [-0.25, -0.2) is 23.1 Å². The van der Waals surface area contributed by atoms with Gasteiger partial charge in [-0.3, -0.25) is 4.79 Å². The molecule has 2 fully saturated rings. The Kier molecular flexibility index (Phi) is 8.82. The zero-order valence-corrected chi connectivity index (χ0v) is 30.4. The van der Waals surface area contributed by atoms with Crippen LogP contribution in [0.4, 0.5) is 11.8 Å². The number of amides is 1. The van der Waals surface area contributed by atoms with Gasteiger partial charge in [0, 0.05) is 29.3 Å². The fourth-order valence-electron chi connectivity index (χ4n) is 7.88. The predicted molar refractivity (Wildman–Crippen MR) is 195 cm³/mol. The van der Waals surface area contributed by atoms with Crippen molar-refractivity contribution in [1.82, 2.24) is 19.9 Å². The highest BCUT2D eigenvalue weighted by atomic mass is 32.2. The summed E-state index contributed by atoms with van der Waals surface area (Å²) in [5.41, 5.74) is 4.47. The highest BCUT2D eigenvalue weighted by molar-refractivity contribution is 7.92. The maximum atomic E-state index is 14.6. The maximum Gasteiger partial charge on any atom is 0.264 e. The van der Waals surface area contributed by atoms with Gasteiger partial charge in [-0.05, 0) is 86.4 Å². The van der Waals surface area contributed by atoms with Crippen molar-refractivity contribution in [3.63, 3.8) is 0 Å². The lowest BCUT2D eigenvalue weighted by Gasteiger charge is -2.52. The minimum atomic E-state index is -4.16. The molecule has 1 aliphatic carbocycles. The van der Waals surface area contributed by atoms with E-state index in [1.807, 2.05) is 44.2 Å². The van der Waals surface area contributed by atoms with Gasteiger partial charge in [0.05, 0.1) is 28.9 Å². The van der Waals surface area contributed by atoms with Gasteiger partial charge in [-0.1, -0.05) is 63.9 Å². The lowest BCUT2D eigenvalue weighted by Crippen LogP contribution is -2.58. The number of rotatable bonds is 5. The second kappa shape index (κ2) is 13.0. The molecule has 4 aromatic rings. The third-order valence-electron chi connectivity index (χ3n) is 10.3. The molecule has 11 heteroatoms. The fraction of sp³-hybridized carbons (Fsp3) is 0.436. The van der Waals surface area contributed by atoms with Gasteiger partial charge < -0.3 is 14.5 Å². The van der Waals surface area contributed by atoms with E-state index in [2.05, 4.69) is 46.4 Å². The number of nitrogens with one attached hydrogen (secondary N) is 1. The highest BCUT2D eigenvalue weighted by Crippen LogP contribution is 2.46. The summed E-state index contributed by atoms with van der Waals surface area (Å²) < 4.78 is 36.5. The maximum absolute atomic E-state index is 14.6. The molecule has 1 saturated heterocycles. The molecular formula is C39H46N6O4S. The summed E-state index contributed by atoms with van der Waals surface area (Å²) in [6, 6.07) is 19.5. The van der Waals surface area contributed by atoms with E-state index in [0.717, 1.165) is 34.7 Å². The van der Waals surface area contributed by atoms with Gasteiger partial charge in [-0.15, -0.1) is 0 Å². The Morgan fingerprint density at radius 3 is 2.34 bits per heavy atom. The summed E-state index contributed by atoms with van der Waals surface area (Å²) in [7, 11) is -4.16. The van der Waals surface area contributed by atoms with Gasteiger partial charge >= 0.3 is 0 Å². The monoisotopic (exact) mass is 694 g/mol. The molecule has 2 aromatic heterocycles. The average molecular weight is 695 g/mol. The first kappa shape index (κ1) is 34.0. The Hall–Kier alpha value is -4.51. The molecule has 1 amide bonds. The number of aromatic nitrogens is 3. The number of hydrogen-bond donors (Lipinski definition) is 1. The molecule has 2 aromatic carbocycles. The molecule has 7 rings (SSSR count). The molecule has 1 spiro atoms. The Morgan fingerprint density at radius 2 is 1.64 bits per heavy atom. The molecule has 1 atom stereocenters. The van der Waals surface area contributed by atoms with Crippen LogP contribution in [0.25, 0.3) is 11.3 Å². The molecule has 3 aliphatic rings. The van der Waals surface area contributed by atoms with Crippen LogP contribution < -0.4 is 14.4 Å². The number of hydrogen-bond acceptors (Lipinski definition) is 8. The molecule has 50 heavy (non-hydrogen) atoms. The summed E-state index contributed by atoms with van der Waals surface area (Å²) >= 11 is 0. The standard InChI is InChI=1S/C39H46N6O4S/c1-26-11-8-12-27(2)35(26)32-22-34-42-37(41-32)43-50(47,48)31-15-9-13-28(21-31)36(46)44(30(25-49-34)23-38(3,4)5)24-29-14-10-16-33(40-29)45-20-19-39(45)17-6-7-18-39/h8-16,21-22,30H,6-7,17-20,23-25H2,1-5H3,(H,41,42,43)/t30-/m1/s1. The van der Waals surface area contributed by atoms with E-state index in [-0.39, 0.29) is 52.3 Å². The zero-order valence-electron chi connectivity index (χ0n) is 29.6. The van der Waals surface area contributed by atoms with E-state index in [1.165, 1.54) is 44.2 Å². The fourth-order valence-corrected chi connectivity index (χ4v) is 8.87. The predicted octanol–water partition coefficient (Wildman–Crippen LogP) is 7.32. The van der Waals surface area contributed by atoms with Crippen molar-refractivity contribution in [3.05, 3.63) is 89.1 Å². The number of ether oxygens (including phenoxy) is 1. The van der Waals surface area contributed by atoms with Gasteiger partial charge in [0.1, 0.15) is 12.4 Å². The van der Waals surface area contributed by atoms with Crippen LogP contribution in [-0.4, -0.2) is 58.9 Å². The molecule has 1 saturated carbocycles. The number of carbonyl (C=O) groups excluding carboxylic acids is 1. The van der Waals surface area contributed by atoms with Crippen molar-refractivity contribution in [3.8, 4) is 17.1 Å². The normalized spacial score (nSPS) is 19.9. The van der Waals surface area contributed by atoms with Crippen molar-refractivity contribution in [2.24, 2.45) is 5.41 Å². The van der Waals surface area contributed by atoms with Gasteiger partial charge in [0.15, 0.2) is 0 Å². The number of sulfonamides is 1. The van der Waals surface area contributed by atoms with E-state index in [1.54, 1.807) is 23.1 Å². The first-order chi connectivity index (χ1) is 23.8. The summed E-state index contributed by atoms with van der Waals surface area (Å²) in [5.74, 6) is 0.764. The van der Waals surface area contributed by atoms with Crippen LogP contribution >= 0.6 is 0 Å².